The molecule has 9 nitrogen and oxygen atoms in total. The summed E-state index contributed by atoms with van der Waals surface area (Å²) < 4.78 is 0. The van der Waals surface area contributed by atoms with Crippen molar-refractivity contribution in [2.45, 2.75) is 6.92 Å². The van der Waals surface area contributed by atoms with Gasteiger partial charge in [-0.05, 0) is 0 Å². The van der Waals surface area contributed by atoms with E-state index in [0.29, 0.717) is 0 Å². The molecule has 0 aromatic rings. The monoisotopic (exact) mass is 274 g/mol. The zero-order chi connectivity index (χ0) is 15.2. The quantitative estimate of drug-likeness (QED) is 0.492. The highest BCUT2D eigenvalue weighted by atomic mass is 16.4. The van der Waals surface area contributed by atoms with E-state index in [2.05, 4.69) is 0 Å². The third-order valence-corrected chi connectivity index (χ3v) is 2.26. The molecule has 0 spiro atoms. The molecule has 0 aliphatic carbocycles. The van der Waals surface area contributed by atoms with Gasteiger partial charge in [-0.3, -0.25) is 14.4 Å². The second-order valence-corrected chi connectivity index (χ2v) is 4.19. The number of aliphatic carboxylic acids is 1. The van der Waals surface area contributed by atoms with Gasteiger partial charge in [0.25, 0.3) is 0 Å². The maximum atomic E-state index is 11.9. The van der Waals surface area contributed by atoms with Crippen LogP contribution in [0, 0.1) is 5.92 Å². The summed E-state index contributed by atoms with van der Waals surface area (Å²) in [4.78, 5) is 46.2. The summed E-state index contributed by atoms with van der Waals surface area (Å²) in [6.07, 6.45) is 0. The first kappa shape index (κ1) is 16.7. The Morgan fingerprint density at radius 3 is 1.84 bits per heavy atom. The number of hydrogen-bond donors (Lipinski definition) is 3. The molecule has 0 saturated carbocycles. The Labute approximate surface area is 110 Å². The summed E-state index contributed by atoms with van der Waals surface area (Å²) in [5.41, 5.74) is 9.92. The summed E-state index contributed by atoms with van der Waals surface area (Å²) >= 11 is 0. The van der Waals surface area contributed by atoms with E-state index in [1.807, 2.05) is 0 Å². The van der Waals surface area contributed by atoms with Crippen molar-refractivity contribution in [2.24, 2.45) is 17.4 Å². The number of carboxylic acids is 1. The van der Waals surface area contributed by atoms with Gasteiger partial charge in [-0.15, -0.1) is 0 Å². The molecule has 19 heavy (non-hydrogen) atoms. The van der Waals surface area contributed by atoms with Crippen LogP contribution < -0.4 is 11.5 Å². The standard InChI is InChI=1S/C10H18N4O5/c1-6(9(17)18)3-13(2)10(19)14(4-7(11)15)5-8(12)16/h6H,3-5H2,1-2H3,(H2,11,15)(H2,12,16)(H,17,18). The predicted octanol–water partition coefficient (Wildman–Crippen LogP) is -1.97. The highest BCUT2D eigenvalue weighted by molar-refractivity contribution is 5.87. The van der Waals surface area contributed by atoms with E-state index in [0.717, 1.165) is 9.80 Å². The summed E-state index contributed by atoms with van der Waals surface area (Å²) in [7, 11) is 1.36. The van der Waals surface area contributed by atoms with Gasteiger partial charge in [0.1, 0.15) is 13.1 Å². The number of carbonyl (C=O) groups is 4. The number of urea groups is 1. The molecule has 108 valence electrons. The molecule has 5 N–H and O–H groups in total. The van der Waals surface area contributed by atoms with Gasteiger partial charge in [-0.2, -0.15) is 0 Å². The number of rotatable bonds is 7. The molecule has 1 atom stereocenters. The van der Waals surface area contributed by atoms with Crippen molar-refractivity contribution < 1.29 is 24.3 Å². The smallest absolute Gasteiger partial charge is 0.320 e. The predicted molar refractivity (Wildman–Crippen MR) is 64.8 cm³/mol. The lowest BCUT2D eigenvalue weighted by Gasteiger charge is -2.27. The molecular formula is C10H18N4O5. The molecule has 0 aromatic carbocycles. The van der Waals surface area contributed by atoms with Crippen LogP contribution in [0.5, 0.6) is 0 Å². The van der Waals surface area contributed by atoms with E-state index >= 15 is 0 Å². The molecule has 0 heterocycles. The van der Waals surface area contributed by atoms with Crippen LogP contribution in [0.25, 0.3) is 0 Å². The summed E-state index contributed by atoms with van der Waals surface area (Å²) in [6.45, 7) is 0.432. The lowest BCUT2D eigenvalue weighted by Crippen LogP contribution is -2.49. The lowest BCUT2D eigenvalue weighted by atomic mass is 10.2. The van der Waals surface area contributed by atoms with Crippen LogP contribution in [0.15, 0.2) is 0 Å². The van der Waals surface area contributed by atoms with Crippen molar-refractivity contribution in [2.75, 3.05) is 26.7 Å². The fourth-order valence-electron chi connectivity index (χ4n) is 1.38. The van der Waals surface area contributed by atoms with Gasteiger partial charge in [-0.25, -0.2) is 4.79 Å². The van der Waals surface area contributed by atoms with Crippen molar-refractivity contribution in [3.63, 3.8) is 0 Å². The van der Waals surface area contributed by atoms with E-state index < -0.39 is 42.8 Å². The Balaban J connectivity index is 4.72. The molecule has 1 unspecified atom stereocenters. The van der Waals surface area contributed by atoms with Crippen molar-refractivity contribution in [3.05, 3.63) is 0 Å². The van der Waals surface area contributed by atoms with E-state index in [9.17, 15) is 19.2 Å². The Morgan fingerprint density at radius 2 is 1.53 bits per heavy atom. The third kappa shape index (κ3) is 6.24. The highest BCUT2D eigenvalue weighted by Crippen LogP contribution is 2.02. The Kier molecular flexibility index (Phi) is 6.31. The first-order chi connectivity index (χ1) is 8.65. The molecule has 0 aromatic heterocycles. The molecule has 9 heteroatoms. The molecule has 0 aliphatic rings. The van der Waals surface area contributed by atoms with Gasteiger partial charge in [0, 0.05) is 13.6 Å². The topological polar surface area (TPSA) is 147 Å². The SMILES string of the molecule is CC(CN(C)C(=O)N(CC(N)=O)CC(N)=O)C(=O)O. The minimum Gasteiger partial charge on any atom is -0.481 e. The Morgan fingerprint density at radius 1 is 1.11 bits per heavy atom. The number of hydrogen-bond acceptors (Lipinski definition) is 4. The van der Waals surface area contributed by atoms with E-state index in [4.69, 9.17) is 16.6 Å². The van der Waals surface area contributed by atoms with Crippen LogP contribution in [-0.4, -0.2) is 65.4 Å². The van der Waals surface area contributed by atoms with Crippen LogP contribution in [0.1, 0.15) is 6.92 Å². The summed E-state index contributed by atoms with van der Waals surface area (Å²) in [5.74, 6) is -3.43. The van der Waals surface area contributed by atoms with Crippen molar-refractivity contribution in [1.29, 1.82) is 0 Å². The fourth-order valence-corrected chi connectivity index (χ4v) is 1.38. The minimum absolute atomic E-state index is 0.0673. The zero-order valence-corrected chi connectivity index (χ0v) is 10.8. The second-order valence-electron chi connectivity index (χ2n) is 4.19. The molecule has 0 bridgehead atoms. The van der Waals surface area contributed by atoms with Crippen molar-refractivity contribution in [3.8, 4) is 0 Å². The molecule has 0 rings (SSSR count). The number of primary amides is 2. The second kappa shape index (κ2) is 7.19. The number of nitrogens with zero attached hydrogens (tertiary/aromatic N) is 2. The average molecular weight is 274 g/mol. The number of carbonyl (C=O) groups excluding carboxylic acids is 3. The van der Waals surface area contributed by atoms with Crippen LogP contribution in [-0.2, 0) is 14.4 Å². The minimum atomic E-state index is -1.06. The highest BCUT2D eigenvalue weighted by Gasteiger charge is 2.24. The average Bonchev–Trinajstić information content (AvgIpc) is 2.25. The van der Waals surface area contributed by atoms with Crippen molar-refractivity contribution >= 4 is 23.8 Å². The molecule has 0 saturated heterocycles. The van der Waals surface area contributed by atoms with Gasteiger partial charge in [0.05, 0.1) is 5.92 Å². The van der Waals surface area contributed by atoms with Crippen LogP contribution in [0.3, 0.4) is 0 Å². The van der Waals surface area contributed by atoms with Gasteiger partial charge in [-0.1, -0.05) is 6.92 Å². The Bertz CT molecular complexity index is 368. The van der Waals surface area contributed by atoms with Crippen LogP contribution >= 0.6 is 0 Å². The van der Waals surface area contributed by atoms with Gasteiger partial charge < -0.3 is 26.4 Å². The largest absolute Gasteiger partial charge is 0.481 e. The van der Waals surface area contributed by atoms with Gasteiger partial charge in [0.2, 0.25) is 11.8 Å². The molecule has 0 radical (unpaired) electrons. The van der Waals surface area contributed by atoms with E-state index in [1.54, 1.807) is 0 Å². The Hall–Kier alpha value is -2.32. The fraction of sp³-hybridized carbons (Fsp3) is 0.600. The molecule has 0 aliphatic heterocycles. The summed E-state index contributed by atoms with van der Waals surface area (Å²) in [6, 6.07) is -0.689. The number of nitrogens with two attached hydrogens (primary N) is 2. The zero-order valence-electron chi connectivity index (χ0n) is 10.8. The molecule has 4 amide bonds. The number of amides is 4. The van der Waals surface area contributed by atoms with Gasteiger partial charge >= 0.3 is 12.0 Å². The molecular weight excluding hydrogens is 256 g/mol. The van der Waals surface area contributed by atoms with Crippen LogP contribution in [0.2, 0.25) is 0 Å². The summed E-state index contributed by atoms with van der Waals surface area (Å²) in [5, 5.41) is 8.74. The van der Waals surface area contributed by atoms with Crippen molar-refractivity contribution in [1.82, 2.24) is 9.80 Å². The maximum Gasteiger partial charge on any atom is 0.320 e. The van der Waals surface area contributed by atoms with E-state index in [-0.39, 0.29) is 6.54 Å². The normalized spacial score (nSPS) is 11.5. The van der Waals surface area contributed by atoms with Crippen LogP contribution in [0.4, 0.5) is 4.79 Å². The first-order valence-electron chi connectivity index (χ1n) is 5.44. The third-order valence-electron chi connectivity index (χ3n) is 2.26. The number of carboxylic acid groups (broad SMARTS) is 1. The first-order valence-corrected chi connectivity index (χ1v) is 5.44. The molecule has 0 fully saturated rings. The maximum absolute atomic E-state index is 11.9. The van der Waals surface area contributed by atoms with Gasteiger partial charge in [0.15, 0.2) is 0 Å². The lowest BCUT2D eigenvalue weighted by molar-refractivity contribution is -0.141. The van der Waals surface area contributed by atoms with E-state index in [1.165, 1.54) is 14.0 Å².